The van der Waals surface area contributed by atoms with Gasteiger partial charge in [0.1, 0.15) is 0 Å². The number of aryl methyl sites for hydroxylation is 1. The van der Waals surface area contributed by atoms with Crippen LogP contribution in [0.5, 0.6) is 0 Å². The molecule has 2 heteroatoms. The molecular weight excluding hydrogens is 210 g/mol. The predicted octanol–water partition coefficient (Wildman–Crippen LogP) is 3.16. The fourth-order valence-corrected chi connectivity index (χ4v) is 1.71. The Morgan fingerprint density at radius 2 is 1.82 bits per heavy atom. The number of Topliss-reactive ketones (excluding diaryl/α,β-unsaturated/α-hetero) is 1. The van der Waals surface area contributed by atoms with Gasteiger partial charge >= 0.3 is 0 Å². The largest absolute Gasteiger partial charge is 0.296 e. The zero-order chi connectivity index (χ0) is 12.8. The standard InChI is InChI=1S/C15H23NO/c1-5-12(3)16(4)11-15(17)14-9-7-13(6-2)8-10-14/h7-10,12H,5-6,11H2,1-4H3. The number of benzene rings is 1. The average Bonchev–Trinajstić information content (AvgIpc) is 2.37. The van der Waals surface area contributed by atoms with Crippen LogP contribution in [0, 0.1) is 0 Å². The molecular formula is C15H23NO. The van der Waals surface area contributed by atoms with Gasteiger partial charge in [-0.15, -0.1) is 0 Å². The maximum atomic E-state index is 12.0. The first kappa shape index (κ1) is 13.9. The number of hydrogen-bond acceptors (Lipinski definition) is 2. The molecule has 0 heterocycles. The number of carbonyl (C=O) groups excluding carboxylic acids is 1. The van der Waals surface area contributed by atoms with E-state index in [4.69, 9.17) is 0 Å². The van der Waals surface area contributed by atoms with Gasteiger partial charge in [-0.05, 0) is 32.4 Å². The molecule has 1 rings (SSSR count). The van der Waals surface area contributed by atoms with Gasteiger partial charge in [-0.1, -0.05) is 38.1 Å². The smallest absolute Gasteiger partial charge is 0.176 e. The average molecular weight is 233 g/mol. The molecule has 1 atom stereocenters. The van der Waals surface area contributed by atoms with Crippen LogP contribution in [-0.2, 0) is 6.42 Å². The van der Waals surface area contributed by atoms with Crippen molar-refractivity contribution in [2.24, 2.45) is 0 Å². The number of carbonyl (C=O) groups is 1. The van der Waals surface area contributed by atoms with Crippen molar-refractivity contribution in [1.82, 2.24) is 4.90 Å². The van der Waals surface area contributed by atoms with Crippen LogP contribution in [0.15, 0.2) is 24.3 Å². The molecule has 0 bridgehead atoms. The molecule has 0 aliphatic carbocycles. The normalized spacial score (nSPS) is 12.8. The van der Waals surface area contributed by atoms with Crippen LogP contribution in [-0.4, -0.2) is 30.3 Å². The summed E-state index contributed by atoms with van der Waals surface area (Å²) in [6.07, 6.45) is 2.08. The second-order valence-electron chi connectivity index (χ2n) is 4.65. The summed E-state index contributed by atoms with van der Waals surface area (Å²) in [5, 5.41) is 0. The first-order chi connectivity index (χ1) is 8.08. The quantitative estimate of drug-likeness (QED) is 0.703. The Hall–Kier alpha value is -1.15. The fourth-order valence-electron chi connectivity index (χ4n) is 1.71. The highest BCUT2D eigenvalue weighted by atomic mass is 16.1. The zero-order valence-corrected chi connectivity index (χ0v) is 11.4. The molecule has 1 aromatic carbocycles. The zero-order valence-electron chi connectivity index (χ0n) is 11.4. The molecule has 0 fully saturated rings. The summed E-state index contributed by atoms with van der Waals surface area (Å²) in [5.41, 5.74) is 2.09. The highest BCUT2D eigenvalue weighted by molar-refractivity contribution is 5.97. The number of ketones is 1. The summed E-state index contributed by atoms with van der Waals surface area (Å²) < 4.78 is 0. The molecule has 94 valence electrons. The summed E-state index contributed by atoms with van der Waals surface area (Å²) in [6, 6.07) is 8.40. The summed E-state index contributed by atoms with van der Waals surface area (Å²) >= 11 is 0. The van der Waals surface area contributed by atoms with E-state index in [0.29, 0.717) is 12.6 Å². The molecule has 1 aromatic rings. The monoisotopic (exact) mass is 233 g/mol. The van der Waals surface area contributed by atoms with E-state index in [2.05, 4.69) is 25.7 Å². The van der Waals surface area contributed by atoms with Crippen LogP contribution in [0.4, 0.5) is 0 Å². The maximum Gasteiger partial charge on any atom is 0.176 e. The van der Waals surface area contributed by atoms with E-state index < -0.39 is 0 Å². The Kier molecular flexibility index (Phi) is 5.36. The Balaban J connectivity index is 2.63. The van der Waals surface area contributed by atoms with Gasteiger partial charge in [0.05, 0.1) is 6.54 Å². The van der Waals surface area contributed by atoms with Crippen LogP contribution >= 0.6 is 0 Å². The van der Waals surface area contributed by atoms with E-state index in [1.807, 2.05) is 31.3 Å². The van der Waals surface area contributed by atoms with Gasteiger partial charge < -0.3 is 0 Å². The summed E-state index contributed by atoms with van der Waals surface area (Å²) in [5.74, 6) is 0.204. The van der Waals surface area contributed by atoms with Crippen LogP contribution in [0.1, 0.15) is 43.1 Å². The van der Waals surface area contributed by atoms with Crippen molar-refractivity contribution in [1.29, 1.82) is 0 Å². The van der Waals surface area contributed by atoms with E-state index in [0.717, 1.165) is 18.4 Å². The molecule has 0 aliphatic heterocycles. The van der Waals surface area contributed by atoms with Gasteiger partial charge in [-0.3, -0.25) is 9.69 Å². The van der Waals surface area contributed by atoms with Gasteiger partial charge in [-0.25, -0.2) is 0 Å². The van der Waals surface area contributed by atoms with Gasteiger partial charge in [0.2, 0.25) is 0 Å². The van der Waals surface area contributed by atoms with Crippen LogP contribution < -0.4 is 0 Å². The fraction of sp³-hybridized carbons (Fsp3) is 0.533. The van der Waals surface area contributed by atoms with Gasteiger partial charge in [0, 0.05) is 11.6 Å². The molecule has 0 N–H and O–H groups in total. The lowest BCUT2D eigenvalue weighted by atomic mass is 10.1. The maximum absolute atomic E-state index is 12.0. The Morgan fingerprint density at radius 3 is 2.29 bits per heavy atom. The second-order valence-corrected chi connectivity index (χ2v) is 4.65. The molecule has 0 amide bonds. The minimum atomic E-state index is 0.204. The third-order valence-corrected chi connectivity index (χ3v) is 3.42. The number of likely N-dealkylation sites (N-methyl/N-ethyl adjacent to an activating group) is 1. The van der Waals surface area contributed by atoms with Crippen LogP contribution in [0.25, 0.3) is 0 Å². The third-order valence-electron chi connectivity index (χ3n) is 3.42. The molecule has 0 spiro atoms. The Bertz CT molecular complexity index is 356. The number of hydrogen-bond donors (Lipinski definition) is 0. The topological polar surface area (TPSA) is 20.3 Å². The minimum Gasteiger partial charge on any atom is -0.296 e. The summed E-state index contributed by atoms with van der Waals surface area (Å²) in [6.45, 7) is 6.91. The lowest BCUT2D eigenvalue weighted by molar-refractivity contribution is 0.0923. The molecule has 0 aromatic heterocycles. The number of rotatable bonds is 6. The molecule has 17 heavy (non-hydrogen) atoms. The van der Waals surface area contributed by atoms with E-state index in [1.54, 1.807) is 0 Å². The lowest BCUT2D eigenvalue weighted by Crippen LogP contribution is -2.33. The van der Waals surface area contributed by atoms with Gasteiger partial charge in [-0.2, -0.15) is 0 Å². The number of nitrogens with zero attached hydrogens (tertiary/aromatic N) is 1. The molecule has 2 nitrogen and oxygen atoms in total. The molecule has 0 aliphatic rings. The second kappa shape index (κ2) is 6.55. The van der Waals surface area contributed by atoms with E-state index >= 15 is 0 Å². The highest BCUT2D eigenvalue weighted by Crippen LogP contribution is 2.08. The van der Waals surface area contributed by atoms with Gasteiger partial charge in [0.25, 0.3) is 0 Å². The highest BCUT2D eigenvalue weighted by Gasteiger charge is 2.12. The van der Waals surface area contributed by atoms with Crippen molar-refractivity contribution in [3.8, 4) is 0 Å². The van der Waals surface area contributed by atoms with E-state index in [-0.39, 0.29) is 5.78 Å². The van der Waals surface area contributed by atoms with Crippen LogP contribution in [0.3, 0.4) is 0 Å². The Labute approximate surface area is 105 Å². The van der Waals surface area contributed by atoms with Crippen molar-refractivity contribution < 1.29 is 4.79 Å². The lowest BCUT2D eigenvalue weighted by Gasteiger charge is -2.22. The predicted molar refractivity (Wildman–Crippen MR) is 72.5 cm³/mol. The third kappa shape index (κ3) is 3.97. The van der Waals surface area contributed by atoms with Gasteiger partial charge in [0.15, 0.2) is 5.78 Å². The van der Waals surface area contributed by atoms with Crippen molar-refractivity contribution in [2.45, 2.75) is 39.7 Å². The van der Waals surface area contributed by atoms with Crippen molar-refractivity contribution in [3.63, 3.8) is 0 Å². The van der Waals surface area contributed by atoms with Crippen LogP contribution in [0.2, 0.25) is 0 Å². The summed E-state index contributed by atoms with van der Waals surface area (Å²) in [7, 11) is 2.01. The van der Waals surface area contributed by atoms with Crippen molar-refractivity contribution in [3.05, 3.63) is 35.4 Å². The first-order valence-electron chi connectivity index (χ1n) is 6.40. The Morgan fingerprint density at radius 1 is 1.24 bits per heavy atom. The summed E-state index contributed by atoms with van der Waals surface area (Å²) in [4.78, 5) is 14.1. The SMILES string of the molecule is CCc1ccc(C(=O)CN(C)C(C)CC)cc1. The molecule has 1 unspecified atom stereocenters. The molecule has 0 saturated carbocycles. The van der Waals surface area contributed by atoms with E-state index in [1.165, 1.54) is 5.56 Å². The van der Waals surface area contributed by atoms with E-state index in [9.17, 15) is 4.79 Å². The minimum absolute atomic E-state index is 0.204. The first-order valence-corrected chi connectivity index (χ1v) is 6.40. The molecule has 0 radical (unpaired) electrons. The molecule has 0 saturated heterocycles. The van der Waals surface area contributed by atoms with Crippen molar-refractivity contribution in [2.75, 3.05) is 13.6 Å². The van der Waals surface area contributed by atoms with Crippen molar-refractivity contribution >= 4 is 5.78 Å².